The molecule has 2 aromatic heterocycles. The van der Waals surface area contributed by atoms with Crippen molar-refractivity contribution < 1.29 is 9.18 Å². The lowest BCUT2D eigenvalue weighted by molar-refractivity contribution is -0.119. The summed E-state index contributed by atoms with van der Waals surface area (Å²) in [6, 6.07) is 5.68. The zero-order valence-electron chi connectivity index (χ0n) is 12.3. The first-order chi connectivity index (χ1) is 11.1. The molecular weight excluding hydrogens is 301 g/mol. The number of hydrogen-bond donors (Lipinski definition) is 2. The number of nitrogens with zero attached hydrogens (tertiary/aromatic N) is 5. The topological polar surface area (TPSA) is 101 Å². The molecule has 0 bridgehead atoms. The van der Waals surface area contributed by atoms with Gasteiger partial charge in [-0.3, -0.25) is 15.2 Å². The van der Waals surface area contributed by atoms with Gasteiger partial charge in [0.25, 0.3) is 5.91 Å². The first-order valence-electron chi connectivity index (χ1n) is 6.92. The quantitative estimate of drug-likeness (QED) is 0.739. The van der Waals surface area contributed by atoms with Crippen molar-refractivity contribution in [3.05, 3.63) is 54.1 Å². The van der Waals surface area contributed by atoms with Gasteiger partial charge in [0.2, 0.25) is 5.95 Å². The number of rotatable bonds is 5. The molecule has 0 radical (unpaired) electrons. The Kier molecular flexibility index (Phi) is 4.09. The SMILES string of the molecule is CC(C(=O)Nc1n[nH]c(Cc2cccc(F)c2)n1)n1cncn1. The average Bonchev–Trinajstić information content (AvgIpc) is 3.18. The summed E-state index contributed by atoms with van der Waals surface area (Å²) in [6.07, 6.45) is 3.20. The Hall–Kier alpha value is -3.10. The standard InChI is InChI=1S/C14H14FN7O/c1-9(22-8-16-7-17-22)13(23)19-14-18-12(20-21-14)6-10-3-2-4-11(15)5-10/h2-5,7-9H,6H2,1H3,(H2,18,19,20,21,23). The van der Waals surface area contributed by atoms with E-state index in [-0.39, 0.29) is 17.7 Å². The van der Waals surface area contributed by atoms with E-state index < -0.39 is 6.04 Å². The van der Waals surface area contributed by atoms with Gasteiger partial charge in [0, 0.05) is 6.42 Å². The van der Waals surface area contributed by atoms with Crippen molar-refractivity contribution in [1.82, 2.24) is 29.9 Å². The van der Waals surface area contributed by atoms with Crippen LogP contribution in [0.1, 0.15) is 24.4 Å². The van der Waals surface area contributed by atoms with Crippen LogP contribution in [0.25, 0.3) is 0 Å². The highest BCUT2D eigenvalue weighted by atomic mass is 19.1. The van der Waals surface area contributed by atoms with Crippen molar-refractivity contribution >= 4 is 11.9 Å². The number of amides is 1. The molecule has 0 aliphatic rings. The molecule has 1 unspecified atom stereocenters. The van der Waals surface area contributed by atoms with Crippen LogP contribution in [0.2, 0.25) is 0 Å². The van der Waals surface area contributed by atoms with Crippen LogP contribution in [0.4, 0.5) is 10.3 Å². The molecule has 0 aliphatic heterocycles. The molecule has 23 heavy (non-hydrogen) atoms. The minimum absolute atomic E-state index is 0.161. The third kappa shape index (κ3) is 3.57. The molecule has 0 saturated heterocycles. The van der Waals surface area contributed by atoms with Gasteiger partial charge >= 0.3 is 0 Å². The molecule has 3 rings (SSSR count). The second kappa shape index (κ2) is 6.34. The summed E-state index contributed by atoms with van der Waals surface area (Å²) < 4.78 is 14.6. The number of carbonyl (C=O) groups excluding carboxylic acids is 1. The molecule has 1 aromatic carbocycles. The second-order valence-electron chi connectivity index (χ2n) is 4.95. The Bertz CT molecular complexity index is 799. The molecule has 0 aliphatic carbocycles. The molecule has 0 fully saturated rings. The zero-order chi connectivity index (χ0) is 16.2. The number of hydrogen-bond acceptors (Lipinski definition) is 5. The smallest absolute Gasteiger partial charge is 0.251 e. The van der Waals surface area contributed by atoms with Crippen LogP contribution in [0.15, 0.2) is 36.9 Å². The Morgan fingerprint density at radius 2 is 2.35 bits per heavy atom. The van der Waals surface area contributed by atoms with Crippen molar-refractivity contribution in [2.24, 2.45) is 0 Å². The van der Waals surface area contributed by atoms with Gasteiger partial charge in [0.05, 0.1) is 0 Å². The lowest BCUT2D eigenvalue weighted by atomic mass is 10.1. The van der Waals surface area contributed by atoms with Gasteiger partial charge in [-0.25, -0.2) is 14.1 Å². The van der Waals surface area contributed by atoms with Gasteiger partial charge in [-0.05, 0) is 24.6 Å². The summed E-state index contributed by atoms with van der Waals surface area (Å²) >= 11 is 0. The molecule has 3 aromatic rings. The zero-order valence-corrected chi connectivity index (χ0v) is 12.3. The lowest BCUT2D eigenvalue weighted by Crippen LogP contribution is -2.24. The predicted octanol–water partition coefficient (Wildman–Crippen LogP) is 1.33. The van der Waals surface area contributed by atoms with Crippen LogP contribution < -0.4 is 5.32 Å². The van der Waals surface area contributed by atoms with E-state index in [9.17, 15) is 9.18 Å². The molecule has 118 valence electrons. The van der Waals surface area contributed by atoms with Gasteiger partial charge in [-0.1, -0.05) is 12.1 Å². The minimum atomic E-state index is -0.539. The van der Waals surface area contributed by atoms with E-state index >= 15 is 0 Å². The number of nitrogens with one attached hydrogen (secondary N) is 2. The normalized spacial score (nSPS) is 12.1. The van der Waals surface area contributed by atoms with E-state index in [0.29, 0.717) is 12.2 Å². The third-order valence-corrected chi connectivity index (χ3v) is 3.24. The van der Waals surface area contributed by atoms with E-state index in [4.69, 9.17) is 0 Å². The van der Waals surface area contributed by atoms with Crippen LogP contribution in [0.3, 0.4) is 0 Å². The largest absolute Gasteiger partial charge is 0.291 e. The van der Waals surface area contributed by atoms with Crippen molar-refractivity contribution in [3.8, 4) is 0 Å². The maximum Gasteiger partial charge on any atom is 0.251 e. The highest BCUT2D eigenvalue weighted by Gasteiger charge is 2.17. The highest BCUT2D eigenvalue weighted by molar-refractivity contribution is 5.91. The number of benzene rings is 1. The van der Waals surface area contributed by atoms with Crippen LogP contribution in [0, 0.1) is 5.82 Å². The summed E-state index contributed by atoms with van der Waals surface area (Å²) in [6.45, 7) is 1.68. The molecule has 1 amide bonds. The Labute approximate surface area is 130 Å². The molecule has 2 N–H and O–H groups in total. The van der Waals surface area contributed by atoms with Crippen LogP contribution >= 0.6 is 0 Å². The van der Waals surface area contributed by atoms with Gasteiger partial charge in [0.1, 0.15) is 30.3 Å². The molecule has 0 spiro atoms. The highest BCUT2D eigenvalue weighted by Crippen LogP contribution is 2.10. The van der Waals surface area contributed by atoms with E-state index in [1.54, 1.807) is 19.1 Å². The van der Waals surface area contributed by atoms with Crippen LogP contribution in [0.5, 0.6) is 0 Å². The summed E-state index contributed by atoms with van der Waals surface area (Å²) in [5.41, 5.74) is 0.759. The number of aromatic nitrogens is 6. The van der Waals surface area contributed by atoms with Crippen molar-refractivity contribution in [2.45, 2.75) is 19.4 Å². The lowest BCUT2D eigenvalue weighted by Gasteiger charge is -2.09. The molecule has 9 heteroatoms. The van der Waals surface area contributed by atoms with Crippen LogP contribution in [-0.2, 0) is 11.2 Å². The molecule has 1 atom stereocenters. The fraction of sp³-hybridized carbons (Fsp3) is 0.214. The van der Waals surface area contributed by atoms with Crippen molar-refractivity contribution in [3.63, 3.8) is 0 Å². The predicted molar refractivity (Wildman–Crippen MR) is 79.0 cm³/mol. The molecule has 2 heterocycles. The Balaban J connectivity index is 1.64. The maximum absolute atomic E-state index is 13.2. The minimum Gasteiger partial charge on any atom is -0.291 e. The maximum atomic E-state index is 13.2. The summed E-state index contributed by atoms with van der Waals surface area (Å²) in [5, 5.41) is 13.2. The second-order valence-corrected chi connectivity index (χ2v) is 4.95. The van der Waals surface area contributed by atoms with E-state index in [0.717, 1.165) is 5.56 Å². The van der Waals surface area contributed by atoms with E-state index in [1.807, 2.05) is 0 Å². The first-order valence-corrected chi connectivity index (χ1v) is 6.92. The van der Waals surface area contributed by atoms with Gasteiger partial charge in [-0.2, -0.15) is 10.1 Å². The summed E-state index contributed by atoms with van der Waals surface area (Å²) in [4.78, 5) is 20.0. The fourth-order valence-corrected chi connectivity index (χ4v) is 2.02. The first kappa shape index (κ1) is 14.8. The molecule has 0 saturated carbocycles. The van der Waals surface area contributed by atoms with E-state index in [2.05, 4.69) is 30.6 Å². The number of aromatic amines is 1. The van der Waals surface area contributed by atoms with Gasteiger partial charge < -0.3 is 0 Å². The summed E-state index contributed by atoms with van der Waals surface area (Å²) in [7, 11) is 0. The van der Waals surface area contributed by atoms with Crippen molar-refractivity contribution in [2.75, 3.05) is 5.32 Å². The third-order valence-electron chi connectivity index (χ3n) is 3.24. The van der Waals surface area contributed by atoms with Crippen LogP contribution in [-0.4, -0.2) is 35.9 Å². The Morgan fingerprint density at radius 1 is 1.48 bits per heavy atom. The van der Waals surface area contributed by atoms with Gasteiger partial charge in [0.15, 0.2) is 0 Å². The number of H-pyrrole nitrogens is 1. The molecule has 8 nitrogen and oxygen atoms in total. The number of anilines is 1. The number of carbonyl (C=O) groups is 1. The summed E-state index contributed by atoms with van der Waals surface area (Å²) in [5.74, 6) is 0.0664. The molecular formula is C14H14FN7O. The monoisotopic (exact) mass is 315 g/mol. The average molecular weight is 315 g/mol. The van der Waals surface area contributed by atoms with Crippen molar-refractivity contribution in [1.29, 1.82) is 0 Å². The van der Waals surface area contributed by atoms with Gasteiger partial charge in [-0.15, -0.1) is 5.10 Å². The van der Waals surface area contributed by atoms with E-state index in [1.165, 1.54) is 29.5 Å². The fourth-order valence-electron chi connectivity index (χ4n) is 2.02. The Morgan fingerprint density at radius 3 is 3.09 bits per heavy atom. The number of halogens is 1.